The van der Waals surface area contributed by atoms with Gasteiger partial charge in [0.15, 0.2) is 5.82 Å². The zero-order valence-electron chi connectivity index (χ0n) is 9.24. The molecule has 1 amide bonds. The van der Waals surface area contributed by atoms with Crippen molar-refractivity contribution in [1.82, 2.24) is 10.2 Å². The number of H-pyrrole nitrogens is 1. The van der Waals surface area contributed by atoms with Crippen LogP contribution < -0.4 is 5.32 Å². The first-order chi connectivity index (χ1) is 8.56. The molecule has 94 valence electrons. The number of rotatable bonds is 4. The standard InChI is InChI=1S/C11H10ClN3O3/c12-6-1-2-7-8(5-6)14-15-11(7)13-9(16)3-4-10(17)18/h1-2,5H,3-4H2,(H,17,18)(H2,13,14,15,16). The molecule has 0 spiro atoms. The molecule has 1 aromatic carbocycles. The molecule has 0 atom stereocenters. The summed E-state index contributed by atoms with van der Waals surface area (Å²) in [5.74, 6) is -1.03. The number of nitrogens with one attached hydrogen (secondary N) is 2. The fraction of sp³-hybridized carbons (Fsp3) is 0.182. The minimum Gasteiger partial charge on any atom is -0.481 e. The second-order valence-corrected chi connectivity index (χ2v) is 4.14. The SMILES string of the molecule is O=C(O)CCC(=O)Nc1n[nH]c2cc(Cl)ccc12. The highest BCUT2D eigenvalue weighted by molar-refractivity contribution is 6.31. The van der Waals surface area contributed by atoms with E-state index in [1.807, 2.05) is 0 Å². The lowest BCUT2D eigenvalue weighted by Crippen LogP contribution is -2.13. The van der Waals surface area contributed by atoms with Crippen LogP contribution in [0.2, 0.25) is 5.02 Å². The first-order valence-electron chi connectivity index (χ1n) is 5.21. The highest BCUT2D eigenvalue weighted by Crippen LogP contribution is 2.23. The van der Waals surface area contributed by atoms with Crippen molar-refractivity contribution in [2.24, 2.45) is 0 Å². The van der Waals surface area contributed by atoms with E-state index >= 15 is 0 Å². The van der Waals surface area contributed by atoms with E-state index in [4.69, 9.17) is 16.7 Å². The number of hydrogen-bond donors (Lipinski definition) is 3. The average Bonchev–Trinajstić information content (AvgIpc) is 2.69. The number of halogens is 1. The number of aromatic nitrogens is 2. The number of aromatic amines is 1. The minimum atomic E-state index is -1.01. The van der Waals surface area contributed by atoms with Crippen LogP contribution in [0.3, 0.4) is 0 Å². The Balaban J connectivity index is 2.12. The number of carboxylic acid groups (broad SMARTS) is 1. The highest BCUT2D eigenvalue weighted by atomic mass is 35.5. The Morgan fingerprint density at radius 1 is 1.39 bits per heavy atom. The molecule has 1 heterocycles. The summed E-state index contributed by atoms with van der Waals surface area (Å²) >= 11 is 5.82. The van der Waals surface area contributed by atoms with Crippen LogP contribution in [0.4, 0.5) is 5.82 Å². The van der Waals surface area contributed by atoms with Crippen molar-refractivity contribution < 1.29 is 14.7 Å². The van der Waals surface area contributed by atoms with Crippen molar-refractivity contribution >= 4 is 40.2 Å². The zero-order chi connectivity index (χ0) is 13.1. The summed E-state index contributed by atoms with van der Waals surface area (Å²) < 4.78 is 0. The molecule has 6 nitrogen and oxygen atoms in total. The predicted octanol–water partition coefficient (Wildman–Crippen LogP) is 2.02. The van der Waals surface area contributed by atoms with E-state index < -0.39 is 5.97 Å². The first kappa shape index (κ1) is 12.4. The summed E-state index contributed by atoms with van der Waals surface area (Å²) in [6.07, 6.45) is -0.294. The molecule has 1 aromatic heterocycles. The van der Waals surface area contributed by atoms with Gasteiger partial charge in [0.1, 0.15) is 0 Å². The summed E-state index contributed by atoms with van der Waals surface area (Å²) in [4.78, 5) is 21.8. The molecule has 0 radical (unpaired) electrons. The molecular formula is C11H10ClN3O3. The van der Waals surface area contributed by atoms with Gasteiger partial charge >= 0.3 is 5.97 Å². The van der Waals surface area contributed by atoms with Gasteiger partial charge in [-0.15, -0.1) is 0 Å². The lowest BCUT2D eigenvalue weighted by molar-refractivity contribution is -0.138. The Labute approximate surface area is 107 Å². The topological polar surface area (TPSA) is 95.1 Å². The number of fused-ring (bicyclic) bond motifs is 1. The van der Waals surface area contributed by atoms with Gasteiger partial charge in [0.2, 0.25) is 5.91 Å². The number of benzene rings is 1. The van der Waals surface area contributed by atoms with Crippen molar-refractivity contribution in [3.05, 3.63) is 23.2 Å². The molecule has 0 bridgehead atoms. The van der Waals surface area contributed by atoms with Crippen molar-refractivity contribution in [2.75, 3.05) is 5.32 Å². The van der Waals surface area contributed by atoms with E-state index in [1.165, 1.54) is 0 Å². The predicted molar refractivity (Wildman–Crippen MR) is 66.6 cm³/mol. The van der Waals surface area contributed by atoms with Gasteiger partial charge in [-0.25, -0.2) is 0 Å². The van der Waals surface area contributed by atoms with Crippen molar-refractivity contribution in [2.45, 2.75) is 12.8 Å². The van der Waals surface area contributed by atoms with Crippen LogP contribution in [-0.2, 0) is 9.59 Å². The number of nitrogens with zero attached hydrogens (tertiary/aromatic N) is 1. The van der Waals surface area contributed by atoms with Gasteiger partial charge in [0.05, 0.1) is 11.9 Å². The summed E-state index contributed by atoms with van der Waals surface area (Å²) in [5, 5.41) is 19.0. The molecule has 18 heavy (non-hydrogen) atoms. The smallest absolute Gasteiger partial charge is 0.303 e. The third-order valence-corrected chi connectivity index (χ3v) is 2.58. The van der Waals surface area contributed by atoms with E-state index in [9.17, 15) is 9.59 Å². The molecule has 0 saturated carbocycles. The quantitative estimate of drug-likeness (QED) is 0.790. The van der Waals surface area contributed by atoms with Crippen molar-refractivity contribution in [3.8, 4) is 0 Å². The average molecular weight is 268 g/mol. The van der Waals surface area contributed by atoms with Gasteiger partial charge in [-0.2, -0.15) is 5.10 Å². The maximum atomic E-state index is 11.5. The summed E-state index contributed by atoms with van der Waals surface area (Å²) in [6.45, 7) is 0. The number of carbonyl (C=O) groups excluding carboxylic acids is 1. The second kappa shape index (κ2) is 5.05. The van der Waals surface area contributed by atoms with Gasteiger partial charge in [-0.3, -0.25) is 14.7 Å². The summed E-state index contributed by atoms with van der Waals surface area (Å²) in [5.41, 5.74) is 0.705. The minimum absolute atomic E-state index is 0.0860. The summed E-state index contributed by atoms with van der Waals surface area (Å²) in [6, 6.07) is 5.11. The number of aliphatic carboxylic acids is 1. The Hall–Kier alpha value is -2.08. The first-order valence-corrected chi connectivity index (χ1v) is 5.59. The molecule has 0 aliphatic heterocycles. The van der Waals surface area contributed by atoms with E-state index in [0.717, 1.165) is 5.39 Å². The molecule has 0 saturated heterocycles. The van der Waals surface area contributed by atoms with Crippen LogP contribution in [0.25, 0.3) is 10.9 Å². The van der Waals surface area contributed by atoms with E-state index in [-0.39, 0.29) is 18.7 Å². The Morgan fingerprint density at radius 2 is 2.17 bits per heavy atom. The number of hydrogen-bond acceptors (Lipinski definition) is 3. The molecule has 7 heteroatoms. The maximum absolute atomic E-state index is 11.5. The number of anilines is 1. The van der Waals surface area contributed by atoms with Crippen LogP contribution in [0.15, 0.2) is 18.2 Å². The van der Waals surface area contributed by atoms with Crippen LogP contribution >= 0.6 is 11.6 Å². The molecule has 2 aromatic rings. The second-order valence-electron chi connectivity index (χ2n) is 3.70. The van der Waals surface area contributed by atoms with E-state index in [0.29, 0.717) is 16.4 Å². The number of carboxylic acids is 1. The van der Waals surface area contributed by atoms with E-state index in [1.54, 1.807) is 18.2 Å². The van der Waals surface area contributed by atoms with Gasteiger partial charge in [0.25, 0.3) is 0 Å². The maximum Gasteiger partial charge on any atom is 0.303 e. The third kappa shape index (κ3) is 2.78. The van der Waals surface area contributed by atoms with Gasteiger partial charge < -0.3 is 10.4 Å². The Kier molecular flexibility index (Phi) is 3.47. The fourth-order valence-corrected chi connectivity index (χ4v) is 1.67. The molecule has 0 unspecified atom stereocenters. The largest absolute Gasteiger partial charge is 0.481 e. The summed E-state index contributed by atoms with van der Waals surface area (Å²) in [7, 11) is 0. The molecule has 2 rings (SSSR count). The number of carbonyl (C=O) groups is 2. The van der Waals surface area contributed by atoms with Gasteiger partial charge in [0, 0.05) is 16.8 Å². The van der Waals surface area contributed by atoms with E-state index in [2.05, 4.69) is 15.5 Å². The zero-order valence-corrected chi connectivity index (χ0v) is 9.99. The molecule has 0 aliphatic rings. The van der Waals surface area contributed by atoms with Crippen LogP contribution in [0.1, 0.15) is 12.8 Å². The van der Waals surface area contributed by atoms with Gasteiger partial charge in [-0.1, -0.05) is 11.6 Å². The molecular weight excluding hydrogens is 258 g/mol. The third-order valence-electron chi connectivity index (χ3n) is 2.35. The Bertz CT molecular complexity index is 609. The normalized spacial score (nSPS) is 10.5. The van der Waals surface area contributed by atoms with Crippen LogP contribution in [-0.4, -0.2) is 27.2 Å². The van der Waals surface area contributed by atoms with Crippen LogP contribution in [0, 0.1) is 0 Å². The van der Waals surface area contributed by atoms with Gasteiger partial charge in [-0.05, 0) is 18.2 Å². The molecule has 3 N–H and O–H groups in total. The highest BCUT2D eigenvalue weighted by Gasteiger charge is 2.10. The van der Waals surface area contributed by atoms with Crippen LogP contribution in [0.5, 0.6) is 0 Å². The Morgan fingerprint density at radius 3 is 2.89 bits per heavy atom. The molecule has 0 fully saturated rings. The monoisotopic (exact) mass is 267 g/mol. The fourth-order valence-electron chi connectivity index (χ4n) is 1.50. The molecule has 0 aliphatic carbocycles. The van der Waals surface area contributed by atoms with Crippen molar-refractivity contribution in [1.29, 1.82) is 0 Å². The number of amides is 1. The lowest BCUT2D eigenvalue weighted by Gasteiger charge is -2.00. The lowest BCUT2D eigenvalue weighted by atomic mass is 10.2. The van der Waals surface area contributed by atoms with Crippen molar-refractivity contribution in [3.63, 3.8) is 0 Å².